The Hall–Kier alpha value is -3.94. The third-order valence-electron chi connectivity index (χ3n) is 7.44. The zero-order chi connectivity index (χ0) is 25.1. The van der Waals surface area contributed by atoms with E-state index in [2.05, 4.69) is 10.0 Å². The van der Waals surface area contributed by atoms with Gasteiger partial charge >= 0.3 is 0 Å². The molecular formula is C29H24N2O4S. The lowest BCUT2D eigenvalue weighted by Crippen LogP contribution is -2.37. The third-order valence-corrected chi connectivity index (χ3v) is 8.85. The lowest BCUT2D eigenvalue weighted by Gasteiger charge is -2.35. The predicted molar refractivity (Wildman–Crippen MR) is 141 cm³/mol. The summed E-state index contributed by atoms with van der Waals surface area (Å²) < 4.78 is 27.5. The first kappa shape index (κ1) is 22.5. The van der Waals surface area contributed by atoms with Crippen LogP contribution in [0.3, 0.4) is 0 Å². The number of anilines is 1. The number of phenols is 1. The van der Waals surface area contributed by atoms with Crippen LogP contribution in [-0.2, 0) is 26.7 Å². The van der Waals surface area contributed by atoms with E-state index in [-0.39, 0.29) is 16.6 Å². The maximum atomic E-state index is 13.6. The summed E-state index contributed by atoms with van der Waals surface area (Å²) in [6.45, 7) is 0. The number of aromatic hydroxyl groups is 1. The van der Waals surface area contributed by atoms with Crippen LogP contribution in [0.15, 0.2) is 89.8 Å². The molecule has 3 N–H and O–H groups in total. The lowest BCUT2D eigenvalue weighted by molar-refractivity contribution is -0.118. The molecule has 0 saturated heterocycles. The molecule has 2 atom stereocenters. The number of hydrogen-bond donors (Lipinski definition) is 3. The summed E-state index contributed by atoms with van der Waals surface area (Å²) in [7, 11) is -2.34. The highest BCUT2D eigenvalue weighted by atomic mass is 32.2. The number of carbonyl (C=O) groups excluding carboxylic acids is 1. The minimum atomic E-state index is -3.70. The molecule has 0 aromatic heterocycles. The standard InChI is InChI=1S/C29H24N2O4S/c1-30-36(34,35)21-12-13-25-23(16-21)26(28(33)31-25)29(15-14-19-7-3-5-9-24(19)29)17-20-11-10-18-6-2-4-8-22(18)27(20)32/h2-16,26,30,32H,17H2,1H3,(H,31,33). The quantitative estimate of drug-likeness (QED) is 0.373. The van der Waals surface area contributed by atoms with Gasteiger partial charge in [0.25, 0.3) is 0 Å². The maximum absolute atomic E-state index is 13.6. The van der Waals surface area contributed by atoms with Crippen molar-refractivity contribution < 1.29 is 18.3 Å². The largest absolute Gasteiger partial charge is 0.507 e. The van der Waals surface area contributed by atoms with Gasteiger partial charge in [0.05, 0.1) is 10.8 Å². The molecule has 4 aromatic carbocycles. The fourth-order valence-corrected chi connectivity index (χ4v) is 6.46. The van der Waals surface area contributed by atoms with Crippen molar-refractivity contribution in [2.75, 3.05) is 12.4 Å². The summed E-state index contributed by atoms with van der Waals surface area (Å²) >= 11 is 0. The van der Waals surface area contributed by atoms with E-state index in [9.17, 15) is 18.3 Å². The van der Waals surface area contributed by atoms with Gasteiger partial charge in [0.15, 0.2) is 0 Å². The van der Waals surface area contributed by atoms with E-state index in [1.807, 2.05) is 72.8 Å². The first-order valence-electron chi connectivity index (χ1n) is 11.7. The molecule has 0 fully saturated rings. The number of benzene rings is 4. The lowest BCUT2D eigenvalue weighted by atomic mass is 9.66. The highest BCUT2D eigenvalue weighted by Gasteiger charge is 2.50. The van der Waals surface area contributed by atoms with Gasteiger partial charge in [0.2, 0.25) is 15.9 Å². The second-order valence-electron chi connectivity index (χ2n) is 9.31. The van der Waals surface area contributed by atoms with Crippen LogP contribution < -0.4 is 10.0 Å². The van der Waals surface area contributed by atoms with Gasteiger partial charge in [-0.2, -0.15) is 0 Å². The second kappa shape index (κ2) is 8.05. The number of phenolic OH excluding ortho intramolecular Hbond substituents is 1. The maximum Gasteiger partial charge on any atom is 0.240 e. The van der Waals surface area contributed by atoms with E-state index >= 15 is 0 Å². The van der Waals surface area contributed by atoms with Crippen LogP contribution in [0.2, 0.25) is 0 Å². The van der Waals surface area contributed by atoms with E-state index in [0.717, 1.165) is 27.5 Å². The third kappa shape index (κ3) is 3.27. The number of fused-ring (bicyclic) bond motifs is 3. The number of nitrogens with one attached hydrogen (secondary N) is 2. The van der Waals surface area contributed by atoms with E-state index in [1.165, 1.54) is 13.1 Å². The Morgan fingerprint density at radius 2 is 1.78 bits per heavy atom. The number of amides is 1. The van der Waals surface area contributed by atoms with Crippen LogP contribution in [-0.4, -0.2) is 26.5 Å². The zero-order valence-corrected chi connectivity index (χ0v) is 20.3. The molecule has 0 bridgehead atoms. The van der Waals surface area contributed by atoms with Crippen molar-refractivity contribution in [2.45, 2.75) is 22.6 Å². The van der Waals surface area contributed by atoms with Gasteiger partial charge in [-0.1, -0.05) is 72.8 Å². The van der Waals surface area contributed by atoms with Crippen molar-refractivity contribution in [1.82, 2.24) is 4.72 Å². The summed E-state index contributed by atoms with van der Waals surface area (Å²) in [5.74, 6) is -0.702. The summed E-state index contributed by atoms with van der Waals surface area (Å²) in [5, 5.41) is 15.9. The topological polar surface area (TPSA) is 95.5 Å². The molecule has 0 spiro atoms. The summed E-state index contributed by atoms with van der Waals surface area (Å²) in [6.07, 6.45) is 4.40. The minimum absolute atomic E-state index is 0.101. The van der Waals surface area contributed by atoms with Gasteiger partial charge in [-0.3, -0.25) is 4.79 Å². The SMILES string of the molecule is CNS(=O)(=O)c1ccc2c(c1)C(C1(Cc3ccc4ccccc4c3O)C=Cc3ccccc31)C(=O)N2. The first-order chi connectivity index (χ1) is 17.3. The average molecular weight is 497 g/mol. The monoisotopic (exact) mass is 496 g/mol. The Morgan fingerprint density at radius 3 is 2.61 bits per heavy atom. The molecule has 1 aliphatic carbocycles. The van der Waals surface area contributed by atoms with Crippen LogP contribution >= 0.6 is 0 Å². The van der Waals surface area contributed by atoms with Crippen LogP contribution in [0, 0.1) is 0 Å². The molecule has 180 valence electrons. The normalized spacial score (nSPS) is 20.4. The van der Waals surface area contributed by atoms with Crippen molar-refractivity contribution in [2.24, 2.45) is 0 Å². The Morgan fingerprint density at radius 1 is 1.00 bits per heavy atom. The van der Waals surface area contributed by atoms with Gasteiger partial charge in [-0.25, -0.2) is 13.1 Å². The molecular weight excluding hydrogens is 472 g/mol. The highest BCUT2D eigenvalue weighted by molar-refractivity contribution is 7.89. The molecule has 2 unspecified atom stereocenters. The molecule has 6 rings (SSSR count). The Bertz CT molecular complexity index is 1690. The van der Waals surface area contributed by atoms with Gasteiger partial charge in [-0.05, 0) is 59.3 Å². The minimum Gasteiger partial charge on any atom is -0.507 e. The number of rotatable bonds is 5. The van der Waals surface area contributed by atoms with Crippen molar-refractivity contribution in [3.63, 3.8) is 0 Å². The van der Waals surface area contributed by atoms with Crippen molar-refractivity contribution in [3.8, 4) is 5.75 Å². The van der Waals surface area contributed by atoms with E-state index < -0.39 is 21.4 Å². The molecule has 1 amide bonds. The Balaban J connectivity index is 1.57. The predicted octanol–water partition coefficient (Wildman–Crippen LogP) is 4.70. The van der Waals surface area contributed by atoms with E-state index in [1.54, 1.807) is 12.1 Å². The second-order valence-corrected chi connectivity index (χ2v) is 11.2. The van der Waals surface area contributed by atoms with Crippen molar-refractivity contribution in [1.29, 1.82) is 0 Å². The van der Waals surface area contributed by atoms with Gasteiger partial charge in [-0.15, -0.1) is 0 Å². The Labute approximate surface area is 209 Å². The highest BCUT2D eigenvalue weighted by Crippen LogP contribution is 2.53. The molecule has 36 heavy (non-hydrogen) atoms. The molecule has 0 radical (unpaired) electrons. The fraction of sp³-hybridized carbons (Fsp3) is 0.138. The molecule has 1 heterocycles. The summed E-state index contributed by atoms with van der Waals surface area (Å²) in [4.78, 5) is 13.7. The average Bonchev–Trinajstić information content (AvgIpc) is 3.43. The molecule has 0 saturated carbocycles. The molecule has 7 heteroatoms. The Kier molecular flexibility index (Phi) is 5.03. The number of sulfonamides is 1. The zero-order valence-electron chi connectivity index (χ0n) is 19.5. The molecule has 1 aliphatic heterocycles. The number of carbonyl (C=O) groups is 1. The van der Waals surface area contributed by atoms with E-state index in [4.69, 9.17) is 0 Å². The van der Waals surface area contributed by atoms with Crippen LogP contribution in [0.1, 0.15) is 28.2 Å². The van der Waals surface area contributed by atoms with Gasteiger partial charge in [0, 0.05) is 16.5 Å². The number of hydrogen-bond acceptors (Lipinski definition) is 4. The molecule has 4 aromatic rings. The molecule has 6 nitrogen and oxygen atoms in total. The van der Waals surface area contributed by atoms with E-state index in [0.29, 0.717) is 17.7 Å². The van der Waals surface area contributed by atoms with Gasteiger partial charge in [0.1, 0.15) is 5.75 Å². The summed E-state index contributed by atoms with van der Waals surface area (Å²) in [5.41, 5.74) is 3.08. The first-order valence-corrected chi connectivity index (χ1v) is 13.2. The van der Waals surface area contributed by atoms with Crippen LogP contribution in [0.5, 0.6) is 5.75 Å². The summed E-state index contributed by atoms with van der Waals surface area (Å²) in [6, 6.07) is 24.1. The number of allylic oxidation sites excluding steroid dienone is 1. The van der Waals surface area contributed by atoms with Gasteiger partial charge < -0.3 is 10.4 Å². The molecule has 2 aliphatic rings. The van der Waals surface area contributed by atoms with Crippen LogP contribution in [0.4, 0.5) is 5.69 Å². The van der Waals surface area contributed by atoms with Crippen LogP contribution in [0.25, 0.3) is 16.8 Å². The van der Waals surface area contributed by atoms with Crippen molar-refractivity contribution in [3.05, 3.63) is 107 Å². The van der Waals surface area contributed by atoms with Crippen molar-refractivity contribution >= 4 is 38.5 Å². The fourth-order valence-electron chi connectivity index (χ4n) is 5.70. The smallest absolute Gasteiger partial charge is 0.240 e.